The molecule has 1 amide bonds. The number of carbonyl (C=O) groups excluding carboxylic acids is 1. The summed E-state index contributed by atoms with van der Waals surface area (Å²) in [5.74, 6) is 0.286. The fourth-order valence-electron chi connectivity index (χ4n) is 3.98. The number of halogens is 1. The summed E-state index contributed by atoms with van der Waals surface area (Å²) in [4.78, 5) is 33.0. The third kappa shape index (κ3) is 3.11. The molecule has 0 N–H and O–H groups in total. The lowest BCUT2D eigenvalue weighted by atomic mass is 10.1. The van der Waals surface area contributed by atoms with E-state index < -0.39 is 0 Å². The molecule has 0 bridgehead atoms. The summed E-state index contributed by atoms with van der Waals surface area (Å²) in [6.45, 7) is 1.95. The van der Waals surface area contributed by atoms with Gasteiger partial charge in [0.1, 0.15) is 5.82 Å². The Morgan fingerprint density at radius 1 is 0.935 bits per heavy atom. The molecule has 152 valence electrons. The summed E-state index contributed by atoms with van der Waals surface area (Å²) in [6, 6.07) is 20.7. The minimum Gasteiger partial charge on any atom is -0.311 e. The predicted molar refractivity (Wildman–Crippen MR) is 128 cm³/mol. The maximum absolute atomic E-state index is 13.5. The zero-order valence-electron chi connectivity index (χ0n) is 17.0. The van der Waals surface area contributed by atoms with Gasteiger partial charge in [0.05, 0.1) is 27.9 Å². The fourth-order valence-corrected chi connectivity index (χ4v) is 4.35. The van der Waals surface area contributed by atoms with Gasteiger partial charge in [-0.3, -0.25) is 14.2 Å². The first kappa shape index (κ1) is 19.5. The van der Waals surface area contributed by atoms with Gasteiger partial charge >= 0.3 is 0 Å². The number of nitrogens with zero attached hydrogens (tertiary/aromatic N) is 3. The summed E-state index contributed by atoms with van der Waals surface area (Å²) in [6.07, 6.45) is 1.72. The average molecular weight is 472 g/mol. The molecule has 1 aliphatic rings. The third-order valence-corrected chi connectivity index (χ3v) is 6.07. The van der Waals surface area contributed by atoms with Crippen LogP contribution in [0.15, 0.2) is 76.0 Å². The van der Waals surface area contributed by atoms with Crippen molar-refractivity contribution in [2.75, 3.05) is 11.9 Å². The van der Waals surface area contributed by atoms with Crippen molar-refractivity contribution in [1.82, 2.24) is 9.55 Å². The highest BCUT2D eigenvalue weighted by atomic mass is 79.9. The van der Waals surface area contributed by atoms with Crippen LogP contribution in [-0.4, -0.2) is 22.5 Å². The molecule has 0 unspecified atom stereocenters. The number of aromatic nitrogens is 2. The van der Waals surface area contributed by atoms with Gasteiger partial charge in [0, 0.05) is 17.1 Å². The van der Waals surface area contributed by atoms with Gasteiger partial charge < -0.3 is 4.90 Å². The van der Waals surface area contributed by atoms with Crippen LogP contribution in [-0.2, 0) is 4.79 Å². The van der Waals surface area contributed by atoms with Crippen molar-refractivity contribution >= 4 is 50.1 Å². The van der Waals surface area contributed by atoms with Gasteiger partial charge in [0.2, 0.25) is 0 Å². The molecular formula is C25H18BrN3O2. The number of hydrogen-bond acceptors (Lipinski definition) is 3. The molecule has 1 aliphatic heterocycles. The quantitative estimate of drug-likeness (QED) is 0.387. The second-order valence-electron chi connectivity index (χ2n) is 7.50. The van der Waals surface area contributed by atoms with E-state index in [-0.39, 0.29) is 11.5 Å². The number of fused-ring (bicyclic) bond motifs is 2. The van der Waals surface area contributed by atoms with E-state index in [1.165, 1.54) is 0 Å². The molecule has 5 nitrogen and oxygen atoms in total. The van der Waals surface area contributed by atoms with Crippen LogP contribution >= 0.6 is 15.9 Å². The van der Waals surface area contributed by atoms with Crippen molar-refractivity contribution in [2.24, 2.45) is 0 Å². The number of likely N-dealkylation sites (N-methyl/N-ethyl adjacent to an activating group) is 1. The Kier molecular flexibility index (Phi) is 4.59. The molecule has 0 atom stereocenters. The minimum atomic E-state index is -0.167. The van der Waals surface area contributed by atoms with Crippen molar-refractivity contribution in [3.8, 4) is 5.69 Å². The molecule has 6 heteroatoms. The van der Waals surface area contributed by atoms with E-state index in [4.69, 9.17) is 4.98 Å². The van der Waals surface area contributed by atoms with E-state index in [9.17, 15) is 9.59 Å². The van der Waals surface area contributed by atoms with E-state index >= 15 is 0 Å². The Hall–Kier alpha value is -3.51. The first-order chi connectivity index (χ1) is 15.0. The highest BCUT2D eigenvalue weighted by molar-refractivity contribution is 9.10. The second-order valence-corrected chi connectivity index (χ2v) is 8.41. The standard InChI is InChI=1S/C25H18BrN3O2/c1-15-7-3-6-10-21(15)29-23(27-20-9-5-4-8-17(20)25(29)31)14-19-18-13-16(26)11-12-22(18)28(2)24(19)30/h3-14H,1-2H3/b19-14+. The van der Waals surface area contributed by atoms with E-state index in [0.717, 1.165) is 27.0 Å². The molecule has 3 aromatic carbocycles. The van der Waals surface area contributed by atoms with Gasteiger partial charge in [-0.25, -0.2) is 4.98 Å². The number of rotatable bonds is 2. The first-order valence-electron chi connectivity index (χ1n) is 9.83. The zero-order chi connectivity index (χ0) is 21.7. The SMILES string of the molecule is Cc1ccccc1-n1c(/C=C2/C(=O)N(C)c3ccc(Br)cc32)nc2ccccc2c1=O. The molecule has 0 radical (unpaired) electrons. The molecule has 0 aliphatic carbocycles. The highest BCUT2D eigenvalue weighted by Gasteiger charge is 2.30. The van der Waals surface area contributed by atoms with Crippen molar-refractivity contribution < 1.29 is 4.79 Å². The molecular weight excluding hydrogens is 454 g/mol. The number of benzene rings is 3. The summed E-state index contributed by atoms with van der Waals surface area (Å²) >= 11 is 3.49. The number of amides is 1. The largest absolute Gasteiger partial charge is 0.311 e. The summed E-state index contributed by atoms with van der Waals surface area (Å²) in [7, 11) is 1.75. The van der Waals surface area contributed by atoms with E-state index in [0.29, 0.717) is 22.3 Å². The van der Waals surface area contributed by atoms with E-state index in [1.807, 2.05) is 67.6 Å². The zero-order valence-corrected chi connectivity index (χ0v) is 18.6. The van der Waals surface area contributed by atoms with E-state index in [2.05, 4.69) is 15.9 Å². The highest BCUT2D eigenvalue weighted by Crippen LogP contribution is 2.38. The lowest BCUT2D eigenvalue weighted by molar-refractivity contribution is -0.112. The number of aryl methyl sites for hydroxylation is 1. The van der Waals surface area contributed by atoms with Gasteiger partial charge in [-0.15, -0.1) is 0 Å². The number of para-hydroxylation sites is 2. The van der Waals surface area contributed by atoms with Gasteiger partial charge in [-0.1, -0.05) is 46.3 Å². The van der Waals surface area contributed by atoms with Crippen LogP contribution in [0.1, 0.15) is 17.0 Å². The Morgan fingerprint density at radius 3 is 2.48 bits per heavy atom. The monoisotopic (exact) mass is 471 g/mol. The fraction of sp³-hybridized carbons (Fsp3) is 0.0800. The maximum atomic E-state index is 13.5. The predicted octanol–water partition coefficient (Wildman–Crippen LogP) is 4.97. The minimum absolute atomic E-state index is 0.133. The Morgan fingerprint density at radius 2 is 1.68 bits per heavy atom. The lowest BCUT2D eigenvalue weighted by Crippen LogP contribution is -2.24. The number of carbonyl (C=O) groups is 1. The van der Waals surface area contributed by atoms with Crippen molar-refractivity contribution in [1.29, 1.82) is 0 Å². The molecule has 31 heavy (non-hydrogen) atoms. The normalized spacial score (nSPS) is 14.5. The second kappa shape index (κ2) is 7.32. The molecule has 0 spiro atoms. The van der Waals surface area contributed by atoms with Crippen LogP contribution in [0.5, 0.6) is 0 Å². The molecule has 0 saturated carbocycles. The average Bonchev–Trinajstić information content (AvgIpc) is 2.99. The van der Waals surface area contributed by atoms with Crippen LogP contribution in [0, 0.1) is 6.92 Å². The molecule has 5 rings (SSSR count). The van der Waals surface area contributed by atoms with Crippen molar-refractivity contribution in [3.05, 3.63) is 98.5 Å². The van der Waals surface area contributed by atoms with Crippen LogP contribution < -0.4 is 10.5 Å². The van der Waals surface area contributed by atoms with E-state index in [1.54, 1.807) is 28.7 Å². The summed E-state index contributed by atoms with van der Waals surface area (Å²) in [5, 5.41) is 0.533. The van der Waals surface area contributed by atoms with Crippen LogP contribution in [0.4, 0.5) is 5.69 Å². The van der Waals surface area contributed by atoms with Crippen LogP contribution in [0.3, 0.4) is 0 Å². The van der Waals surface area contributed by atoms with Crippen LogP contribution in [0.2, 0.25) is 0 Å². The van der Waals surface area contributed by atoms with Gasteiger partial charge in [0.15, 0.2) is 0 Å². The lowest BCUT2D eigenvalue weighted by Gasteiger charge is -2.14. The maximum Gasteiger partial charge on any atom is 0.266 e. The summed E-state index contributed by atoms with van der Waals surface area (Å²) < 4.78 is 2.47. The number of hydrogen-bond donors (Lipinski definition) is 0. The molecule has 2 heterocycles. The molecule has 0 fully saturated rings. The summed E-state index contributed by atoms with van der Waals surface area (Å²) in [5.41, 5.74) is 4.25. The van der Waals surface area contributed by atoms with Crippen molar-refractivity contribution in [3.63, 3.8) is 0 Å². The molecule has 4 aromatic rings. The number of anilines is 1. The molecule has 0 saturated heterocycles. The van der Waals surface area contributed by atoms with Gasteiger partial charge in [-0.2, -0.15) is 0 Å². The third-order valence-electron chi connectivity index (χ3n) is 5.58. The topological polar surface area (TPSA) is 55.2 Å². The Labute approximate surface area is 187 Å². The van der Waals surface area contributed by atoms with Crippen molar-refractivity contribution in [2.45, 2.75) is 6.92 Å². The first-order valence-corrected chi connectivity index (χ1v) is 10.6. The Bertz CT molecular complexity index is 1470. The Balaban J connectivity index is 1.85. The van der Waals surface area contributed by atoms with Crippen LogP contribution in [0.25, 0.3) is 28.2 Å². The van der Waals surface area contributed by atoms with Gasteiger partial charge in [-0.05, 0) is 55.0 Å². The smallest absolute Gasteiger partial charge is 0.266 e. The van der Waals surface area contributed by atoms with Gasteiger partial charge in [0.25, 0.3) is 11.5 Å². The molecule has 1 aromatic heterocycles.